The molecule has 3 nitrogen and oxygen atoms in total. The molecule has 1 amide bonds. The molecule has 0 aliphatic heterocycles. The van der Waals surface area contributed by atoms with Gasteiger partial charge < -0.3 is 10.1 Å². The van der Waals surface area contributed by atoms with Crippen molar-refractivity contribution in [2.75, 3.05) is 19.8 Å². The summed E-state index contributed by atoms with van der Waals surface area (Å²) >= 11 is 0. The molecule has 0 aromatic rings. The van der Waals surface area contributed by atoms with Crippen LogP contribution in [0.15, 0.2) is 0 Å². The van der Waals surface area contributed by atoms with Gasteiger partial charge in [-0.05, 0) is 31.1 Å². The molecule has 1 rings (SSSR count). The maximum atomic E-state index is 11.4. The van der Waals surface area contributed by atoms with Gasteiger partial charge in [-0.1, -0.05) is 26.7 Å². The SMILES string of the molecule is CCCOCC(=O)NCC1CCC(C)CC1. The van der Waals surface area contributed by atoms with Gasteiger partial charge in [0.1, 0.15) is 6.61 Å². The first kappa shape index (κ1) is 13.5. The van der Waals surface area contributed by atoms with E-state index in [9.17, 15) is 4.79 Å². The van der Waals surface area contributed by atoms with Gasteiger partial charge in [-0.3, -0.25) is 4.79 Å². The normalized spacial score (nSPS) is 25.4. The van der Waals surface area contributed by atoms with Crippen molar-refractivity contribution in [1.82, 2.24) is 5.32 Å². The third-order valence-corrected chi connectivity index (χ3v) is 3.30. The molecule has 1 N–H and O–H groups in total. The van der Waals surface area contributed by atoms with E-state index in [2.05, 4.69) is 12.2 Å². The number of hydrogen-bond acceptors (Lipinski definition) is 2. The molecule has 16 heavy (non-hydrogen) atoms. The first-order chi connectivity index (χ1) is 7.72. The molecule has 0 atom stereocenters. The zero-order chi connectivity index (χ0) is 11.8. The summed E-state index contributed by atoms with van der Waals surface area (Å²) in [5, 5.41) is 2.96. The molecule has 0 aromatic heterocycles. The summed E-state index contributed by atoms with van der Waals surface area (Å²) in [5.41, 5.74) is 0. The number of nitrogens with one attached hydrogen (secondary N) is 1. The van der Waals surface area contributed by atoms with Crippen molar-refractivity contribution in [3.8, 4) is 0 Å². The fourth-order valence-corrected chi connectivity index (χ4v) is 2.15. The third kappa shape index (κ3) is 5.50. The first-order valence-electron chi connectivity index (χ1n) is 6.56. The lowest BCUT2D eigenvalue weighted by Crippen LogP contribution is -2.33. The lowest BCUT2D eigenvalue weighted by atomic mass is 9.83. The molecule has 0 spiro atoms. The predicted octanol–water partition coefficient (Wildman–Crippen LogP) is 2.36. The fraction of sp³-hybridized carbons (Fsp3) is 0.923. The van der Waals surface area contributed by atoms with Crippen LogP contribution >= 0.6 is 0 Å². The van der Waals surface area contributed by atoms with Crippen LogP contribution in [0.3, 0.4) is 0 Å². The van der Waals surface area contributed by atoms with E-state index in [0.29, 0.717) is 12.5 Å². The Morgan fingerprint density at radius 2 is 2.00 bits per heavy atom. The van der Waals surface area contributed by atoms with Gasteiger partial charge in [-0.25, -0.2) is 0 Å². The topological polar surface area (TPSA) is 38.3 Å². The van der Waals surface area contributed by atoms with E-state index >= 15 is 0 Å². The Bertz CT molecular complexity index is 198. The van der Waals surface area contributed by atoms with E-state index in [0.717, 1.165) is 18.9 Å². The molecule has 0 aromatic carbocycles. The second kappa shape index (κ2) is 7.66. The van der Waals surface area contributed by atoms with Gasteiger partial charge in [0.15, 0.2) is 0 Å². The van der Waals surface area contributed by atoms with Crippen molar-refractivity contribution in [2.24, 2.45) is 11.8 Å². The Kier molecular flexibility index (Phi) is 6.46. The van der Waals surface area contributed by atoms with Crippen LogP contribution in [0, 0.1) is 11.8 Å². The van der Waals surface area contributed by atoms with Crippen LogP contribution in [0.1, 0.15) is 46.0 Å². The standard InChI is InChI=1S/C13H25NO2/c1-3-8-16-10-13(15)14-9-12-6-4-11(2)5-7-12/h11-12H,3-10H2,1-2H3,(H,14,15). The summed E-state index contributed by atoms with van der Waals surface area (Å²) in [6, 6.07) is 0. The average Bonchev–Trinajstić information content (AvgIpc) is 2.29. The second-order valence-corrected chi connectivity index (χ2v) is 4.98. The minimum absolute atomic E-state index is 0.0343. The summed E-state index contributed by atoms with van der Waals surface area (Å²) in [6.45, 7) is 6.08. The highest BCUT2D eigenvalue weighted by Crippen LogP contribution is 2.27. The first-order valence-corrected chi connectivity index (χ1v) is 6.56. The van der Waals surface area contributed by atoms with Crippen LogP contribution in [-0.2, 0) is 9.53 Å². The van der Waals surface area contributed by atoms with Crippen LogP contribution in [0.4, 0.5) is 0 Å². The van der Waals surface area contributed by atoms with Crippen LogP contribution in [0.5, 0.6) is 0 Å². The quantitative estimate of drug-likeness (QED) is 0.707. The van der Waals surface area contributed by atoms with Crippen molar-refractivity contribution >= 4 is 5.91 Å². The summed E-state index contributed by atoms with van der Waals surface area (Å²) in [4.78, 5) is 11.4. The molecule has 0 unspecified atom stereocenters. The molecule has 0 heterocycles. The molecule has 1 aliphatic rings. The maximum absolute atomic E-state index is 11.4. The third-order valence-electron chi connectivity index (χ3n) is 3.30. The van der Waals surface area contributed by atoms with Crippen molar-refractivity contribution < 1.29 is 9.53 Å². The van der Waals surface area contributed by atoms with Gasteiger partial charge in [-0.2, -0.15) is 0 Å². The van der Waals surface area contributed by atoms with Crippen molar-refractivity contribution in [3.05, 3.63) is 0 Å². The van der Waals surface area contributed by atoms with Gasteiger partial charge in [0.05, 0.1) is 0 Å². The van der Waals surface area contributed by atoms with E-state index < -0.39 is 0 Å². The van der Waals surface area contributed by atoms with Crippen LogP contribution in [0.25, 0.3) is 0 Å². The average molecular weight is 227 g/mol. The minimum atomic E-state index is 0.0343. The highest BCUT2D eigenvalue weighted by atomic mass is 16.5. The highest BCUT2D eigenvalue weighted by Gasteiger charge is 2.18. The molecule has 3 heteroatoms. The summed E-state index contributed by atoms with van der Waals surface area (Å²) in [7, 11) is 0. The summed E-state index contributed by atoms with van der Waals surface area (Å²) in [5.74, 6) is 1.60. The molecule has 0 bridgehead atoms. The monoisotopic (exact) mass is 227 g/mol. The molecule has 1 aliphatic carbocycles. The number of hydrogen-bond donors (Lipinski definition) is 1. The van der Waals surface area contributed by atoms with Gasteiger partial charge in [0.25, 0.3) is 0 Å². The zero-order valence-corrected chi connectivity index (χ0v) is 10.6. The maximum Gasteiger partial charge on any atom is 0.246 e. The van der Waals surface area contributed by atoms with E-state index in [1.165, 1.54) is 25.7 Å². The lowest BCUT2D eigenvalue weighted by Gasteiger charge is -2.26. The smallest absolute Gasteiger partial charge is 0.246 e. The minimum Gasteiger partial charge on any atom is -0.372 e. The Morgan fingerprint density at radius 3 is 2.62 bits per heavy atom. The Balaban J connectivity index is 2.03. The van der Waals surface area contributed by atoms with Gasteiger partial charge in [-0.15, -0.1) is 0 Å². The van der Waals surface area contributed by atoms with Crippen LogP contribution in [-0.4, -0.2) is 25.7 Å². The Hall–Kier alpha value is -0.570. The van der Waals surface area contributed by atoms with Gasteiger partial charge in [0, 0.05) is 13.2 Å². The van der Waals surface area contributed by atoms with Crippen molar-refractivity contribution in [2.45, 2.75) is 46.0 Å². The molecule has 0 radical (unpaired) electrons. The molecule has 1 fully saturated rings. The summed E-state index contributed by atoms with van der Waals surface area (Å²) in [6.07, 6.45) is 6.11. The van der Waals surface area contributed by atoms with E-state index in [1.54, 1.807) is 0 Å². The van der Waals surface area contributed by atoms with Crippen molar-refractivity contribution in [3.63, 3.8) is 0 Å². The lowest BCUT2D eigenvalue weighted by molar-refractivity contribution is -0.125. The number of rotatable bonds is 6. The second-order valence-electron chi connectivity index (χ2n) is 4.98. The van der Waals surface area contributed by atoms with Crippen molar-refractivity contribution in [1.29, 1.82) is 0 Å². The Labute approximate surface area is 98.9 Å². The number of carbonyl (C=O) groups excluding carboxylic acids is 1. The van der Waals surface area contributed by atoms with Gasteiger partial charge >= 0.3 is 0 Å². The highest BCUT2D eigenvalue weighted by molar-refractivity contribution is 5.77. The molecular weight excluding hydrogens is 202 g/mol. The number of amides is 1. The molecule has 1 saturated carbocycles. The van der Waals surface area contributed by atoms with Gasteiger partial charge in [0.2, 0.25) is 5.91 Å². The molecular formula is C13H25NO2. The van der Waals surface area contributed by atoms with Crippen LogP contribution < -0.4 is 5.32 Å². The summed E-state index contributed by atoms with van der Waals surface area (Å²) < 4.78 is 5.19. The number of carbonyl (C=O) groups is 1. The molecule has 94 valence electrons. The van der Waals surface area contributed by atoms with E-state index in [-0.39, 0.29) is 12.5 Å². The van der Waals surface area contributed by atoms with E-state index in [1.807, 2.05) is 6.92 Å². The fourth-order valence-electron chi connectivity index (χ4n) is 2.15. The predicted molar refractivity (Wildman–Crippen MR) is 65.2 cm³/mol. The van der Waals surface area contributed by atoms with Crippen LogP contribution in [0.2, 0.25) is 0 Å². The number of ether oxygens (including phenoxy) is 1. The largest absolute Gasteiger partial charge is 0.372 e. The molecule has 0 saturated heterocycles. The zero-order valence-electron chi connectivity index (χ0n) is 10.6. The van der Waals surface area contributed by atoms with E-state index in [4.69, 9.17) is 4.74 Å². The Morgan fingerprint density at radius 1 is 1.31 bits per heavy atom.